The molecule has 4 heteroatoms. The Labute approximate surface area is 372 Å². The summed E-state index contributed by atoms with van der Waals surface area (Å²) in [5.41, 5.74) is 16.6. The summed E-state index contributed by atoms with van der Waals surface area (Å²) in [5.74, 6) is 0. The van der Waals surface area contributed by atoms with Crippen LogP contribution in [-0.4, -0.2) is 0 Å². The number of rotatable bonds is 3. The maximum absolute atomic E-state index is 2.56. The number of benzene rings is 9. The number of fused-ring (bicyclic) bond motifs is 18. The third-order valence-corrected chi connectivity index (χ3v) is 17.5. The van der Waals surface area contributed by atoms with Crippen LogP contribution in [0.1, 0.15) is 47.2 Å². The van der Waals surface area contributed by atoms with E-state index in [1.54, 1.807) is 0 Å². The number of hydrogen-bond donors (Lipinski definition) is 0. The summed E-state index contributed by atoms with van der Waals surface area (Å²) in [6.45, 7) is 4.77. The van der Waals surface area contributed by atoms with Gasteiger partial charge in [-0.3, -0.25) is 0 Å². The van der Waals surface area contributed by atoms with Crippen molar-refractivity contribution >= 4 is 91.8 Å². The summed E-state index contributed by atoms with van der Waals surface area (Å²) in [7, 11) is 0. The lowest BCUT2D eigenvalue weighted by molar-refractivity contribution is 0.660. The Hall–Kier alpha value is -6.43. The van der Waals surface area contributed by atoms with Crippen molar-refractivity contribution in [1.29, 1.82) is 0 Å². The third kappa shape index (κ3) is 4.54. The molecule has 0 fully saturated rings. The van der Waals surface area contributed by atoms with Gasteiger partial charge in [0.2, 0.25) is 0 Å². The van der Waals surface area contributed by atoms with Crippen molar-refractivity contribution in [2.24, 2.45) is 0 Å². The van der Waals surface area contributed by atoms with Crippen LogP contribution in [0.25, 0.3) is 62.6 Å². The average Bonchev–Trinajstić information content (AvgIpc) is 4.02. The summed E-state index contributed by atoms with van der Waals surface area (Å²) >= 11 is 5.71. The van der Waals surface area contributed by atoms with Gasteiger partial charge in [0.15, 0.2) is 0 Å². The molecule has 62 heavy (non-hydrogen) atoms. The monoisotopic (exact) mass is 843 g/mol. The van der Waals surface area contributed by atoms with E-state index < -0.39 is 5.41 Å². The van der Waals surface area contributed by atoms with Gasteiger partial charge in [0.1, 0.15) is 0 Å². The molecular formula is C58H37NS3. The third-order valence-electron chi connectivity index (χ3n) is 14.1. The highest BCUT2D eigenvalue weighted by Crippen LogP contribution is 2.63. The van der Waals surface area contributed by atoms with Gasteiger partial charge in [0.05, 0.1) is 11.1 Å². The molecule has 14 rings (SSSR count). The molecule has 1 spiro atoms. The first-order valence-electron chi connectivity index (χ1n) is 21.4. The molecule has 2 aliphatic carbocycles. The molecular weight excluding hydrogens is 807 g/mol. The zero-order chi connectivity index (χ0) is 40.9. The molecule has 3 heterocycles. The van der Waals surface area contributed by atoms with Gasteiger partial charge in [-0.25, -0.2) is 0 Å². The van der Waals surface area contributed by atoms with Gasteiger partial charge in [-0.1, -0.05) is 141 Å². The minimum Gasteiger partial charge on any atom is -0.310 e. The number of nitrogens with zero attached hydrogens (tertiary/aromatic N) is 1. The zero-order valence-electron chi connectivity index (χ0n) is 34.1. The van der Waals surface area contributed by atoms with Crippen molar-refractivity contribution in [1.82, 2.24) is 0 Å². The summed E-state index contributed by atoms with van der Waals surface area (Å²) < 4.78 is 5.25. The van der Waals surface area contributed by atoms with E-state index in [9.17, 15) is 0 Å². The molecule has 0 unspecified atom stereocenters. The Morgan fingerprint density at radius 1 is 0.371 bits per heavy atom. The van der Waals surface area contributed by atoms with E-state index in [0.717, 1.165) is 0 Å². The molecule has 0 saturated heterocycles. The van der Waals surface area contributed by atoms with Crippen LogP contribution in [-0.2, 0) is 10.8 Å². The lowest BCUT2D eigenvalue weighted by atomic mass is 9.67. The first kappa shape index (κ1) is 35.2. The van der Waals surface area contributed by atoms with E-state index in [4.69, 9.17) is 0 Å². The molecule has 0 N–H and O–H groups in total. The van der Waals surface area contributed by atoms with Crippen molar-refractivity contribution in [2.75, 3.05) is 4.90 Å². The smallest absolute Gasteiger partial charge is 0.0735 e. The van der Waals surface area contributed by atoms with Gasteiger partial charge in [-0.05, 0) is 128 Å². The Morgan fingerprint density at radius 2 is 0.968 bits per heavy atom. The molecule has 1 nitrogen and oxygen atoms in total. The summed E-state index contributed by atoms with van der Waals surface area (Å²) in [4.78, 5) is 5.21. The van der Waals surface area contributed by atoms with Gasteiger partial charge in [-0.2, -0.15) is 0 Å². The fraction of sp³-hybridized carbons (Fsp3) is 0.0690. The molecule has 0 saturated carbocycles. The van der Waals surface area contributed by atoms with Crippen molar-refractivity contribution in [3.05, 3.63) is 221 Å². The van der Waals surface area contributed by atoms with Gasteiger partial charge in [0, 0.05) is 66.9 Å². The molecule has 0 amide bonds. The lowest BCUT2D eigenvalue weighted by Gasteiger charge is -2.39. The van der Waals surface area contributed by atoms with E-state index in [1.165, 1.54) is 123 Å². The summed E-state index contributed by atoms with van der Waals surface area (Å²) in [6.07, 6.45) is 0. The van der Waals surface area contributed by atoms with E-state index in [1.807, 2.05) is 34.4 Å². The zero-order valence-corrected chi connectivity index (χ0v) is 36.5. The molecule has 0 bridgehead atoms. The fourth-order valence-electron chi connectivity index (χ4n) is 11.4. The first-order chi connectivity index (χ1) is 30.5. The SMILES string of the molecule is CC1(C)c2ccccc2-c2ccc(N(c3ccc4sc5ccccc5c4c3)c3cccc4sc5cc6c(cc5c34)-c3ccccc3C63c4ccccc4Sc4ccccc43)cc21. The summed E-state index contributed by atoms with van der Waals surface area (Å²) in [5, 5.41) is 5.22. The van der Waals surface area contributed by atoms with Gasteiger partial charge < -0.3 is 4.90 Å². The second kappa shape index (κ2) is 12.6. The number of thiophene rings is 2. The molecule has 1 aliphatic heterocycles. The van der Waals surface area contributed by atoms with Gasteiger partial charge >= 0.3 is 0 Å². The molecule has 11 aromatic rings. The van der Waals surface area contributed by atoms with Crippen LogP contribution in [0.5, 0.6) is 0 Å². The lowest BCUT2D eigenvalue weighted by Crippen LogP contribution is -2.31. The Kier molecular flexibility index (Phi) is 7.14. The number of anilines is 3. The second-order valence-electron chi connectivity index (χ2n) is 17.6. The van der Waals surface area contributed by atoms with Crippen LogP contribution in [0, 0.1) is 0 Å². The van der Waals surface area contributed by atoms with Gasteiger partial charge in [-0.15, -0.1) is 22.7 Å². The number of hydrogen-bond acceptors (Lipinski definition) is 4. The quantitative estimate of drug-likeness (QED) is 0.174. The van der Waals surface area contributed by atoms with Crippen molar-refractivity contribution in [2.45, 2.75) is 34.5 Å². The highest BCUT2D eigenvalue weighted by atomic mass is 32.2. The highest BCUT2D eigenvalue weighted by Gasteiger charge is 2.50. The topological polar surface area (TPSA) is 3.24 Å². The van der Waals surface area contributed by atoms with Crippen LogP contribution in [0.4, 0.5) is 17.1 Å². The Balaban J connectivity index is 1.05. The van der Waals surface area contributed by atoms with E-state index >= 15 is 0 Å². The molecule has 292 valence electrons. The van der Waals surface area contributed by atoms with E-state index in [-0.39, 0.29) is 5.41 Å². The maximum atomic E-state index is 2.56. The first-order valence-corrected chi connectivity index (χ1v) is 23.9. The second-order valence-corrected chi connectivity index (χ2v) is 20.8. The van der Waals surface area contributed by atoms with Crippen LogP contribution >= 0.6 is 34.4 Å². The van der Waals surface area contributed by atoms with Crippen LogP contribution in [0.15, 0.2) is 198 Å². The van der Waals surface area contributed by atoms with Crippen LogP contribution < -0.4 is 4.90 Å². The minimum atomic E-state index is -0.406. The van der Waals surface area contributed by atoms with Crippen molar-refractivity contribution in [3.63, 3.8) is 0 Å². The van der Waals surface area contributed by atoms with Gasteiger partial charge in [0.25, 0.3) is 0 Å². The highest BCUT2D eigenvalue weighted by molar-refractivity contribution is 7.99. The maximum Gasteiger partial charge on any atom is 0.0735 e. The molecule has 0 atom stereocenters. The molecule has 2 aromatic heterocycles. The minimum absolute atomic E-state index is 0.124. The normalized spacial score (nSPS) is 14.8. The van der Waals surface area contributed by atoms with Crippen molar-refractivity contribution < 1.29 is 0 Å². The Morgan fingerprint density at radius 3 is 1.77 bits per heavy atom. The van der Waals surface area contributed by atoms with Crippen LogP contribution in [0.3, 0.4) is 0 Å². The fourth-order valence-corrected chi connectivity index (χ4v) is 14.9. The van der Waals surface area contributed by atoms with E-state index in [2.05, 4.69) is 207 Å². The van der Waals surface area contributed by atoms with Crippen molar-refractivity contribution in [3.8, 4) is 22.3 Å². The van der Waals surface area contributed by atoms with E-state index in [0.29, 0.717) is 0 Å². The molecule has 9 aromatic carbocycles. The Bertz CT molecular complexity index is 3690. The molecule has 0 radical (unpaired) electrons. The largest absolute Gasteiger partial charge is 0.310 e. The summed E-state index contributed by atoms with van der Waals surface area (Å²) in [6, 6.07) is 71.6. The van der Waals surface area contributed by atoms with Crippen LogP contribution in [0.2, 0.25) is 0 Å². The predicted molar refractivity (Wildman–Crippen MR) is 266 cm³/mol. The molecule has 3 aliphatic rings. The standard InChI is InChI=1S/C58H37NS3/c1-57(2)43-17-6-3-14-36(43)38-28-26-35(31-47(38)57)59(34-27-29-51-41(30-34)39-16-5-10-22-50(39)60-51)49-21-13-25-54-56(49)42-32-40-37-15-4-7-18-44(37)58(48(40)33-55(42)62-54)45-19-8-11-23-52(45)61-53-24-12-9-20-46(53)58/h3-33H,1-2H3. The average molecular weight is 844 g/mol. The predicted octanol–water partition coefficient (Wildman–Crippen LogP) is 17.0.